The van der Waals surface area contributed by atoms with Gasteiger partial charge in [0.05, 0.1) is 4.90 Å². The molecule has 0 aromatic heterocycles. The number of benzene rings is 1. The van der Waals surface area contributed by atoms with Crippen LogP contribution >= 0.6 is 0 Å². The van der Waals surface area contributed by atoms with Crippen LogP contribution < -0.4 is 5.32 Å². The predicted octanol–water partition coefficient (Wildman–Crippen LogP) is 1.34. The molecule has 2 rings (SSSR count). The molecule has 1 saturated heterocycles. The molecule has 0 saturated carbocycles. The highest BCUT2D eigenvalue weighted by Crippen LogP contribution is 2.18. The van der Waals surface area contributed by atoms with Crippen molar-refractivity contribution in [3.05, 3.63) is 29.8 Å². The van der Waals surface area contributed by atoms with Crippen molar-refractivity contribution >= 4 is 10.0 Å². The number of sulfonamides is 1. The van der Waals surface area contributed by atoms with Crippen molar-refractivity contribution in [2.75, 3.05) is 20.1 Å². The Kier molecular flexibility index (Phi) is 4.17. The lowest BCUT2D eigenvalue weighted by Gasteiger charge is -2.21. The third kappa shape index (κ3) is 3.29. The number of hydrogen-bond acceptors (Lipinski definition) is 3. The molecule has 1 fully saturated rings. The van der Waals surface area contributed by atoms with Crippen molar-refractivity contribution in [3.8, 4) is 0 Å². The number of likely N-dealkylation sites (N-methyl/N-ethyl adjacent to an activating group) is 1. The molecule has 1 aliphatic rings. The van der Waals surface area contributed by atoms with Gasteiger partial charge in [0.15, 0.2) is 0 Å². The summed E-state index contributed by atoms with van der Waals surface area (Å²) in [5.74, 6) is -1.79. The van der Waals surface area contributed by atoms with E-state index in [9.17, 15) is 17.2 Å². The van der Waals surface area contributed by atoms with E-state index in [0.717, 1.165) is 35.8 Å². The molecule has 0 spiro atoms. The summed E-state index contributed by atoms with van der Waals surface area (Å²) >= 11 is 0. The number of nitrogens with zero attached hydrogens (tertiary/aromatic N) is 1. The summed E-state index contributed by atoms with van der Waals surface area (Å²) in [6.45, 7) is 1.16. The Labute approximate surface area is 111 Å². The summed E-state index contributed by atoms with van der Waals surface area (Å²) in [4.78, 5) is -0.356. The normalized spacial score (nSPS) is 20.1. The van der Waals surface area contributed by atoms with E-state index in [4.69, 9.17) is 0 Å². The monoisotopic (exact) mass is 290 g/mol. The molecule has 4 nitrogen and oxygen atoms in total. The molecule has 1 aliphatic heterocycles. The van der Waals surface area contributed by atoms with E-state index in [2.05, 4.69) is 5.32 Å². The molecule has 0 bridgehead atoms. The van der Waals surface area contributed by atoms with E-state index in [-0.39, 0.29) is 10.9 Å². The maximum Gasteiger partial charge on any atom is 0.243 e. The number of hydrogen-bond donors (Lipinski definition) is 1. The molecule has 106 valence electrons. The van der Waals surface area contributed by atoms with E-state index in [1.165, 1.54) is 7.05 Å². The topological polar surface area (TPSA) is 49.4 Å². The Balaban J connectivity index is 2.20. The SMILES string of the molecule is CN(CC1CCCN1)S(=O)(=O)c1cc(F)cc(F)c1. The zero-order valence-electron chi connectivity index (χ0n) is 10.6. The highest BCUT2D eigenvalue weighted by atomic mass is 32.2. The number of rotatable bonds is 4. The van der Waals surface area contributed by atoms with Crippen molar-refractivity contribution in [2.45, 2.75) is 23.8 Å². The first kappa shape index (κ1) is 14.4. The van der Waals surface area contributed by atoms with Crippen LogP contribution in [0.2, 0.25) is 0 Å². The van der Waals surface area contributed by atoms with Crippen molar-refractivity contribution in [3.63, 3.8) is 0 Å². The summed E-state index contributed by atoms with van der Waals surface area (Å²) in [6, 6.07) is 2.41. The molecular weight excluding hydrogens is 274 g/mol. The molecule has 0 amide bonds. The zero-order chi connectivity index (χ0) is 14.0. The van der Waals surface area contributed by atoms with Crippen molar-refractivity contribution in [2.24, 2.45) is 0 Å². The predicted molar refractivity (Wildman–Crippen MR) is 67.2 cm³/mol. The summed E-state index contributed by atoms with van der Waals surface area (Å²) in [5.41, 5.74) is 0. The Morgan fingerprint density at radius 3 is 2.47 bits per heavy atom. The molecule has 19 heavy (non-hydrogen) atoms. The molecule has 0 aliphatic carbocycles. The van der Waals surface area contributed by atoms with Gasteiger partial charge in [-0.2, -0.15) is 4.31 Å². The minimum Gasteiger partial charge on any atom is -0.313 e. The van der Waals surface area contributed by atoms with Gasteiger partial charge in [-0.1, -0.05) is 0 Å². The van der Waals surface area contributed by atoms with Gasteiger partial charge in [-0.3, -0.25) is 0 Å². The van der Waals surface area contributed by atoms with Gasteiger partial charge in [-0.15, -0.1) is 0 Å². The lowest BCUT2D eigenvalue weighted by Crippen LogP contribution is -2.38. The van der Waals surface area contributed by atoms with Gasteiger partial charge in [0.25, 0.3) is 0 Å². The molecule has 1 unspecified atom stereocenters. The fourth-order valence-corrected chi connectivity index (χ4v) is 3.44. The van der Waals surface area contributed by atoms with Crippen LogP contribution in [0, 0.1) is 11.6 Å². The standard InChI is InChI=1S/C12H16F2N2O2S/c1-16(8-11-3-2-4-15-11)19(17,18)12-6-9(13)5-10(14)7-12/h5-7,11,15H,2-4,8H2,1H3. The zero-order valence-corrected chi connectivity index (χ0v) is 11.4. The van der Waals surface area contributed by atoms with Crippen molar-refractivity contribution in [1.82, 2.24) is 9.62 Å². The van der Waals surface area contributed by atoms with E-state index < -0.39 is 21.7 Å². The minimum atomic E-state index is -3.86. The maximum atomic E-state index is 13.1. The molecular formula is C12H16F2N2O2S. The van der Waals surface area contributed by atoms with Crippen molar-refractivity contribution < 1.29 is 17.2 Å². The Morgan fingerprint density at radius 1 is 1.32 bits per heavy atom. The van der Waals surface area contributed by atoms with Crippen LogP contribution in [0.25, 0.3) is 0 Å². The second-order valence-electron chi connectivity index (χ2n) is 4.68. The summed E-state index contributed by atoms with van der Waals surface area (Å²) < 4.78 is 51.7. The number of halogens is 2. The van der Waals surface area contributed by atoms with Gasteiger partial charge >= 0.3 is 0 Å². The smallest absolute Gasteiger partial charge is 0.243 e. The van der Waals surface area contributed by atoms with Crippen LogP contribution in [-0.2, 0) is 10.0 Å². The van der Waals surface area contributed by atoms with E-state index in [1.54, 1.807) is 0 Å². The van der Waals surface area contributed by atoms with Gasteiger partial charge < -0.3 is 5.32 Å². The summed E-state index contributed by atoms with van der Waals surface area (Å²) in [7, 11) is -2.44. The average Bonchev–Trinajstić information content (AvgIpc) is 2.80. The Bertz CT molecular complexity index is 537. The van der Waals surface area contributed by atoms with Crippen LogP contribution in [0.4, 0.5) is 8.78 Å². The largest absolute Gasteiger partial charge is 0.313 e. The summed E-state index contributed by atoms with van der Waals surface area (Å²) in [5, 5.41) is 3.18. The first-order chi connectivity index (χ1) is 8.89. The van der Waals surface area contributed by atoms with Gasteiger partial charge in [0, 0.05) is 25.7 Å². The quantitative estimate of drug-likeness (QED) is 0.910. The molecule has 0 radical (unpaired) electrons. The lowest BCUT2D eigenvalue weighted by molar-refractivity contribution is 0.416. The fraction of sp³-hybridized carbons (Fsp3) is 0.500. The molecule has 1 heterocycles. The van der Waals surface area contributed by atoms with E-state index in [1.807, 2.05) is 0 Å². The van der Waals surface area contributed by atoms with E-state index in [0.29, 0.717) is 12.6 Å². The van der Waals surface area contributed by atoms with E-state index >= 15 is 0 Å². The van der Waals surface area contributed by atoms with Gasteiger partial charge in [0.2, 0.25) is 10.0 Å². The molecule has 1 N–H and O–H groups in total. The highest BCUT2D eigenvalue weighted by Gasteiger charge is 2.26. The fourth-order valence-electron chi connectivity index (χ4n) is 2.18. The lowest BCUT2D eigenvalue weighted by atomic mass is 10.2. The molecule has 7 heteroatoms. The van der Waals surface area contributed by atoms with Crippen LogP contribution in [-0.4, -0.2) is 38.9 Å². The number of nitrogens with one attached hydrogen (secondary N) is 1. The highest BCUT2D eigenvalue weighted by molar-refractivity contribution is 7.89. The van der Waals surface area contributed by atoms with Crippen LogP contribution in [0.5, 0.6) is 0 Å². The third-order valence-electron chi connectivity index (χ3n) is 3.18. The minimum absolute atomic E-state index is 0.0955. The van der Waals surface area contributed by atoms with Gasteiger partial charge in [-0.05, 0) is 31.5 Å². The Hall–Kier alpha value is -1.05. The van der Waals surface area contributed by atoms with Gasteiger partial charge in [0.1, 0.15) is 11.6 Å². The average molecular weight is 290 g/mol. The third-order valence-corrected chi connectivity index (χ3v) is 4.99. The molecule has 1 aromatic carbocycles. The molecule has 1 aromatic rings. The second kappa shape index (κ2) is 5.52. The van der Waals surface area contributed by atoms with Crippen LogP contribution in [0.15, 0.2) is 23.1 Å². The van der Waals surface area contributed by atoms with Crippen molar-refractivity contribution in [1.29, 1.82) is 0 Å². The first-order valence-corrected chi connectivity index (χ1v) is 7.49. The maximum absolute atomic E-state index is 13.1. The van der Waals surface area contributed by atoms with Crippen LogP contribution in [0.1, 0.15) is 12.8 Å². The Morgan fingerprint density at radius 2 is 1.95 bits per heavy atom. The first-order valence-electron chi connectivity index (χ1n) is 6.05. The van der Waals surface area contributed by atoms with Gasteiger partial charge in [-0.25, -0.2) is 17.2 Å². The summed E-state index contributed by atoms with van der Waals surface area (Å²) in [6.07, 6.45) is 1.91. The van der Waals surface area contributed by atoms with Crippen LogP contribution in [0.3, 0.4) is 0 Å². The second-order valence-corrected chi connectivity index (χ2v) is 6.73. The molecule has 1 atom stereocenters.